The Labute approximate surface area is 150 Å². The number of halogens is 1. The van der Waals surface area contributed by atoms with Gasteiger partial charge in [-0.25, -0.2) is 4.79 Å². The second-order valence-corrected chi connectivity index (χ2v) is 5.66. The maximum Gasteiger partial charge on any atom is 0.312 e. The molecule has 0 unspecified atom stereocenters. The molecular formula is C18H16ClN3O3. The van der Waals surface area contributed by atoms with E-state index in [1.54, 1.807) is 48.5 Å². The molecule has 0 heterocycles. The Bertz CT molecular complexity index is 800. The monoisotopic (exact) mass is 357 g/mol. The minimum absolute atomic E-state index is 0.0658. The van der Waals surface area contributed by atoms with E-state index in [2.05, 4.69) is 5.32 Å². The summed E-state index contributed by atoms with van der Waals surface area (Å²) >= 11 is 6.12. The number of hydrogen-bond acceptors (Lipinski definition) is 4. The Morgan fingerprint density at radius 3 is 2.48 bits per heavy atom. The van der Waals surface area contributed by atoms with E-state index in [9.17, 15) is 9.59 Å². The summed E-state index contributed by atoms with van der Waals surface area (Å²) in [6.07, 6.45) is -0.108. The van der Waals surface area contributed by atoms with Gasteiger partial charge in [-0.05, 0) is 29.3 Å². The molecule has 1 atom stereocenters. The van der Waals surface area contributed by atoms with E-state index in [-0.39, 0.29) is 13.0 Å². The predicted molar refractivity (Wildman–Crippen MR) is 92.5 cm³/mol. The van der Waals surface area contributed by atoms with Gasteiger partial charge in [0.05, 0.1) is 24.1 Å². The Balaban J connectivity index is 2.00. The molecule has 0 spiro atoms. The van der Waals surface area contributed by atoms with Crippen LogP contribution in [0.4, 0.5) is 4.79 Å². The highest BCUT2D eigenvalue weighted by Gasteiger charge is 2.20. The number of carbonyl (C=O) groups excluding carboxylic acids is 2. The van der Waals surface area contributed by atoms with Crippen LogP contribution in [-0.2, 0) is 16.1 Å². The average Bonchev–Trinajstić information content (AvgIpc) is 2.60. The van der Waals surface area contributed by atoms with Gasteiger partial charge < -0.3 is 15.8 Å². The highest BCUT2D eigenvalue weighted by molar-refractivity contribution is 6.31. The first kappa shape index (κ1) is 18.3. The smallest absolute Gasteiger partial charge is 0.312 e. The fourth-order valence-electron chi connectivity index (χ4n) is 2.23. The molecule has 0 radical (unpaired) electrons. The van der Waals surface area contributed by atoms with E-state index in [1.165, 1.54) is 0 Å². The number of carbonyl (C=O) groups is 2. The molecule has 7 heteroatoms. The first-order valence-corrected chi connectivity index (χ1v) is 7.82. The highest BCUT2D eigenvalue weighted by Crippen LogP contribution is 2.25. The first-order valence-electron chi connectivity index (χ1n) is 7.44. The van der Waals surface area contributed by atoms with Crippen LogP contribution >= 0.6 is 11.6 Å². The third-order valence-electron chi connectivity index (χ3n) is 3.45. The fraction of sp³-hybridized carbons (Fsp3) is 0.167. The normalized spacial score (nSPS) is 11.2. The van der Waals surface area contributed by atoms with Gasteiger partial charge in [-0.2, -0.15) is 5.26 Å². The molecule has 0 aliphatic heterocycles. The number of benzene rings is 2. The van der Waals surface area contributed by atoms with Crippen LogP contribution in [0.3, 0.4) is 0 Å². The number of hydrogen-bond donors (Lipinski definition) is 2. The van der Waals surface area contributed by atoms with Gasteiger partial charge in [0.25, 0.3) is 0 Å². The number of nitrogens with zero attached hydrogens (tertiary/aromatic N) is 1. The lowest BCUT2D eigenvalue weighted by molar-refractivity contribution is -0.145. The van der Waals surface area contributed by atoms with Gasteiger partial charge in [0.2, 0.25) is 0 Å². The number of urea groups is 1. The molecule has 2 rings (SSSR count). The Morgan fingerprint density at radius 1 is 1.20 bits per heavy atom. The number of rotatable bonds is 6. The number of ether oxygens (including phenoxy) is 1. The van der Waals surface area contributed by atoms with Gasteiger partial charge in [0, 0.05) is 5.02 Å². The van der Waals surface area contributed by atoms with Crippen molar-refractivity contribution < 1.29 is 14.3 Å². The topological polar surface area (TPSA) is 105 Å². The third kappa shape index (κ3) is 5.52. The summed E-state index contributed by atoms with van der Waals surface area (Å²) in [7, 11) is 0. The lowest BCUT2D eigenvalue weighted by Gasteiger charge is -2.18. The Morgan fingerprint density at radius 2 is 1.88 bits per heavy atom. The van der Waals surface area contributed by atoms with E-state index in [4.69, 9.17) is 27.3 Å². The minimum atomic E-state index is -0.759. The molecule has 3 N–H and O–H groups in total. The lowest BCUT2D eigenvalue weighted by Crippen LogP contribution is -2.34. The number of primary amides is 1. The molecule has 0 aromatic heterocycles. The molecule has 0 aliphatic carbocycles. The van der Waals surface area contributed by atoms with E-state index < -0.39 is 18.0 Å². The van der Waals surface area contributed by atoms with E-state index in [1.807, 2.05) is 6.07 Å². The summed E-state index contributed by atoms with van der Waals surface area (Å²) in [4.78, 5) is 23.3. The standard InChI is InChI=1S/C18H16ClN3O3/c19-15-4-2-1-3-14(15)16(22-18(21)24)9-17(23)25-11-13-7-5-12(10-20)6-8-13/h1-8,16H,9,11H2,(H3,21,22,24)/t16-/m1/s1. The summed E-state index contributed by atoms with van der Waals surface area (Å²) in [6, 6.07) is 14.1. The number of nitrogens with one attached hydrogen (secondary N) is 1. The quantitative estimate of drug-likeness (QED) is 0.775. The molecule has 0 bridgehead atoms. The fourth-order valence-corrected chi connectivity index (χ4v) is 2.50. The second-order valence-electron chi connectivity index (χ2n) is 5.26. The van der Waals surface area contributed by atoms with Crippen molar-refractivity contribution in [3.63, 3.8) is 0 Å². The van der Waals surface area contributed by atoms with Crippen molar-refractivity contribution in [3.05, 3.63) is 70.2 Å². The van der Waals surface area contributed by atoms with Gasteiger partial charge in [-0.3, -0.25) is 4.79 Å². The summed E-state index contributed by atoms with van der Waals surface area (Å²) in [5.74, 6) is -0.511. The number of amides is 2. The maximum atomic E-state index is 12.1. The highest BCUT2D eigenvalue weighted by atomic mass is 35.5. The largest absolute Gasteiger partial charge is 0.461 e. The van der Waals surface area contributed by atoms with Crippen LogP contribution in [0.5, 0.6) is 0 Å². The van der Waals surface area contributed by atoms with Crippen molar-refractivity contribution in [1.82, 2.24) is 5.32 Å². The van der Waals surface area contributed by atoms with E-state index in [0.717, 1.165) is 5.56 Å². The Kier molecular flexibility index (Phi) is 6.38. The van der Waals surface area contributed by atoms with Crippen molar-refractivity contribution in [2.75, 3.05) is 0 Å². The van der Waals surface area contributed by atoms with Crippen LogP contribution in [0.15, 0.2) is 48.5 Å². The summed E-state index contributed by atoms with van der Waals surface area (Å²) in [5, 5.41) is 11.7. The van der Waals surface area contributed by atoms with Gasteiger partial charge in [0.15, 0.2) is 0 Å². The van der Waals surface area contributed by atoms with Crippen LogP contribution in [0.1, 0.15) is 29.2 Å². The molecule has 0 saturated carbocycles. The zero-order valence-corrected chi connectivity index (χ0v) is 14.0. The predicted octanol–water partition coefficient (Wildman–Crippen LogP) is 3.05. The van der Waals surface area contributed by atoms with Crippen LogP contribution in [0, 0.1) is 11.3 Å². The second kappa shape index (κ2) is 8.71. The Hall–Kier alpha value is -3.04. The molecule has 128 valence electrons. The molecule has 0 aliphatic rings. The number of nitriles is 1. The van der Waals surface area contributed by atoms with Crippen molar-refractivity contribution in [1.29, 1.82) is 5.26 Å². The molecule has 2 aromatic carbocycles. The minimum Gasteiger partial charge on any atom is -0.461 e. The van der Waals surface area contributed by atoms with Crippen LogP contribution in [-0.4, -0.2) is 12.0 Å². The van der Waals surface area contributed by atoms with Crippen LogP contribution in [0.2, 0.25) is 5.02 Å². The van der Waals surface area contributed by atoms with Gasteiger partial charge >= 0.3 is 12.0 Å². The summed E-state index contributed by atoms with van der Waals surface area (Å²) in [5.41, 5.74) is 7.04. The molecule has 0 saturated heterocycles. The molecule has 6 nitrogen and oxygen atoms in total. The molecular weight excluding hydrogens is 342 g/mol. The third-order valence-corrected chi connectivity index (χ3v) is 3.79. The zero-order valence-electron chi connectivity index (χ0n) is 13.2. The van der Waals surface area contributed by atoms with Crippen molar-refractivity contribution >= 4 is 23.6 Å². The summed E-state index contributed by atoms with van der Waals surface area (Å²) in [6.45, 7) is 0.0658. The van der Waals surface area contributed by atoms with Gasteiger partial charge in [0.1, 0.15) is 6.61 Å². The van der Waals surface area contributed by atoms with Crippen LogP contribution < -0.4 is 11.1 Å². The van der Waals surface area contributed by atoms with Gasteiger partial charge in [-0.15, -0.1) is 0 Å². The van der Waals surface area contributed by atoms with E-state index >= 15 is 0 Å². The van der Waals surface area contributed by atoms with Crippen molar-refractivity contribution in [3.8, 4) is 6.07 Å². The van der Waals surface area contributed by atoms with Crippen molar-refractivity contribution in [2.24, 2.45) is 5.73 Å². The molecule has 2 amide bonds. The van der Waals surface area contributed by atoms with Crippen molar-refractivity contribution in [2.45, 2.75) is 19.1 Å². The lowest BCUT2D eigenvalue weighted by atomic mass is 10.0. The number of nitrogens with two attached hydrogens (primary N) is 1. The molecule has 25 heavy (non-hydrogen) atoms. The maximum absolute atomic E-state index is 12.1. The van der Waals surface area contributed by atoms with Crippen LogP contribution in [0.25, 0.3) is 0 Å². The SMILES string of the molecule is N#Cc1ccc(COC(=O)C[C@@H](NC(N)=O)c2ccccc2Cl)cc1. The van der Waals surface area contributed by atoms with E-state index in [0.29, 0.717) is 16.1 Å². The molecule has 0 fully saturated rings. The van der Waals surface area contributed by atoms with Gasteiger partial charge in [-0.1, -0.05) is 41.9 Å². The first-order chi connectivity index (χ1) is 12.0. The zero-order chi connectivity index (χ0) is 18.2. The number of esters is 1. The average molecular weight is 358 g/mol. The molecule has 2 aromatic rings. The summed E-state index contributed by atoms with van der Waals surface area (Å²) < 4.78 is 5.22.